The van der Waals surface area contributed by atoms with E-state index in [1.807, 2.05) is 13.0 Å². The summed E-state index contributed by atoms with van der Waals surface area (Å²) >= 11 is 0. The summed E-state index contributed by atoms with van der Waals surface area (Å²) in [6.45, 7) is 8.22. The van der Waals surface area contributed by atoms with E-state index in [2.05, 4.69) is 32.9 Å². The molecule has 0 radical (unpaired) electrons. The average molecular weight is 232 g/mol. The van der Waals surface area contributed by atoms with Crippen molar-refractivity contribution in [1.29, 1.82) is 0 Å². The molecule has 0 spiro atoms. The van der Waals surface area contributed by atoms with Gasteiger partial charge >= 0.3 is 0 Å². The van der Waals surface area contributed by atoms with Crippen LogP contribution >= 0.6 is 0 Å². The van der Waals surface area contributed by atoms with Crippen LogP contribution in [0.3, 0.4) is 0 Å². The number of aromatic hydroxyl groups is 1. The van der Waals surface area contributed by atoms with Crippen LogP contribution in [0.4, 0.5) is 0 Å². The molecule has 0 saturated carbocycles. The molecule has 1 unspecified atom stereocenters. The lowest BCUT2D eigenvalue weighted by molar-refractivity contribution is 0.195. The van der Waals surface area contributed by atoms with Crippen molar-refractivity contribution >= 4 is 0 Å². The summed E-state index contributed by atoms with van der Waals surface area (Å²) in [4.78, 5) is 0. The van der Waals surface area contributed by atoms with Gasteiger partial charge in [0.15, 0.2) is 11.5 Å². The Morgan fingerprint density at radius 1 is 1.41 bits per heavy atom. The molecule has 2 heteroatoms. The maximum Gasteiger partial charge on any atom is 0.165 e. The molecule has 1 aliphatic rings. The van der Waals surface area contributed by atoms with Gasteiger partial charge in [-0.25, -0.2) is 0 Å². The molecule has 92 valence electrons. The van der Waals surface area contributed by atoms with Crippen molar-refractivity contribution in [1.82, 2.24) is 0 Å². The van der Waals surface area contributed by atoms with E-state index in [1.54, 1.807) is 0 Å². The fraction of sp³-hybridized carbons (Fsp3) is 0.467. The summed E-state index contributed by atoms with van der Waals surface area (Å²) in [6, 6.07) is 4.02. The molecule has 0 aromatic heterocycles. The second-order valence-electron chi connectivity index (χ2n) is 5.19. The first-order valence-electron chi connectivity index (χ1n) is 6.13. The number of ether oxygens (including phenoxy) is 1. The summed E-state index contributed by atoms with van der Waals surface area (Å²) in [5.41, 5.74) is 3.23. The van der Waals surface area contributed by atoms with Gasteiger partial charge in [0.1, 0.15) is 6.10 Å². The molecule has 0 saturated heterocycles. The molecule has 1 heterocycles. The molecular weight excluding hydrogens is 212 g/mol. The predicted molar refractivity (Wildman–Crippen MR) is 69.7 cm³/mol. The van der Waals surface area contributed by atoms with Gasteiger partial charge in [-0.15, -0.1) is 0 Å². The van der Waals surface area contributed by atoms with Crippen molar-refractivity contribution in [2.75, 3.05) is 0 Å². The number of phenols is 1. The molecule has 0 amide bonds. The molecule has 0 fully saturated rings. The third kappa shape index (κ3) is 2.31. The lowest BCUT2D eigenvalue weighted by atomic mass is 9.90. The number of allylic oxidation sites excluding steroid dienone is 1. The molecule has 0 bridgehead atoms. The number of hydrogen-bond acceptors (Lipinski definition) is 2. The number of hydrogen-bond donors (Lipinski definition) is 1. The SMILES string of the molecule is CC(C)=CC1C[C@@H](C)c2ccc(C)c(O)c2O1. The minimum Gasteiger partial charge on any atom is -0.504 e. The molecule has 17 heavy (non-hydrogen) atoms. The molecule has 2 nitrogen and oxygen atoms in total. The zero-order valence-corrected chi connectivity index (χ0v) is 10.9. The molecule has 1 aromatic carbocycles. The van der Waals surface area contributed by atoms with Gasteiger partial charge in [0.25, 0.3) is 0 Å². The maximum absolute atomic E-state index is 10.1. The zero-order chi connectivity index (χ0) is 12.6. The van der Waals surface area contributed by atoms with Crippen LogP contribution in [0.15, 0.2) is 23.8 Å². The van der Waals surface area contributed by atoms with E-state index in [4.69, 9.17) is 4.74 Å². The largest absolute Gasteiger partial charge is 0.504 e. The second-order valence-corrected chi connectivity index (χ2v) is 5.19. The maximum atomic E-state index is 10.1. The second kappa shape index (κ2) is 4.44. The Bertz CT molecular complexity index is 456. The molecule has 2 atom stereocenters. The highest BCUT2D eigenvalue weighted by atomic mass is 16.5. The first kappa shape index (κ1) is 12.0. The predicted octanol–water partition coefficient (Wildman–Crippen LogP) is 3.92. The van der Waals surface area contributed by atoms with E-state index >= 15 is 0 Å². The molecular formula is C15H20O2. The van der Waals surface area contributed by atoms with E-state index in [-0.39, 0.29) is 6.10 Å². The number of fused-ring (bicyclic) bond motifs is 1. The van der Waals surface area contributed by atoms with E-state index in [9.17, 15) is 5.11 Å². The van der Waals surface area contributed by atoms with Crippen LogP contribution in [0.2, 0.25) is 0 Å². The average Bonchev–Trinajstić information content (AvgIpc) is 2.23. The number of rotatable bonds is 1. The van der Waals surface area contributed by atoms with Crippen LogP contribution in [0, 0.1) is 6.92 Å². The van der Waals surface area contributed by atoms with Crippen molar-refractivity contribution < 1.29 is 9.84 Å². The van der Waals surface area contributed by atoms with Crippen LogP contribution in [0.1, 0.15) is 44.2 Å². The summed E-state index contributed by atoms with van der Waals surface area (Å²) in [5.74, 6) is 1.39. The van der Waals surface area contributed by atoms with E-state index in [0.29, 0.717) is 17.4 Å². The van der Waals surface area contributed by atoms with Crippen molar-refractivity contribution in [2.24, 2.45) is 0 Å². The number of phenolic OH excluding ortho intramolecular Hbond substituents is 1. The van der Waals surface area contributed by atoms with Crippen LogP contribution in [-0.2, 0) is 0 Å². The fourth-order valence-corrected chi connectivity index (χ4v) is 2.35. The zero-order valence-electron chi connectivity index (χ0n) is 10.9. The van der Waals surface area contributed by atoms with Gasteiger partial charge in [0.2, 0.25) is 0 Å². The minimum atomic E-state index is 0.0789. The van der Waals surface area contributed by atoms with Crippen LogP contribution in [0.25, 0.3) is 0 Å². The topological polar surface area (TPSA) is 29.5 Å². The third-order valence-electron chi connectivity index (χ3n) is 3.27. The van der Waals surface area contributed by atoms with Crippen molar-refractivity contribution in [2.45, 2.75) is 46.1 Å². The van der Waals surface area contributed by atoms with Crippen LogP contribution in [0.5, 0.6) is 11.5 Å². The van der Waals surface area contributed by atoms with Gasteiger partial charge in [-0.05, 0) is 44.7 Å². The Balaban J connectivity index is 2.41. The summed E-state index contributed by atoms with van der Waals surface area (Å²) in [5, 5.41) is 10.1. The third-order valence-corrected chi connectivity index (χ3v) is 3.27. The van der Waals surface area contributed by atoms with Gasteiger partial charge in [-0.1, -0.05) is 24.6 Å². The Kier molecular flexibility index (Phi) is 3.14. The minimum absolute atomic E-state index is 0.0789. The highest BCUT2D eigenvalue weighted by Crippen LogP contribution is 2.43. The molecule has 1 aromatic rings. The summed E-state index contributed by atoms with van der Waals surface area (Å²) < 4.78 is 5.90. The quantitative estimate of drug-likeness (QED) is 0.744. The van der Waals surface area contributed by atoms with E-state index < -0.39 is 0 Å². The van der Waals surface area contributed by atoms with Crippen molar-refractivity contribution in [3.05, 3.63) is 34.9 Å². The van der Waals surface area contributed by atoms with Gasteiger partial charge in [0.05, 0.1) is 0 Å². The Hall–Kier alpha value is -1.44. The van der Waals surface area contributed by atoms with Crippen LogP contribution in [-0.4, -0.2) is 11.2 Å². The first-order chi connectivity index (χ1) is 7.99. The van der Waals surface area contributed by atoms with E-state index in [0.717, 1.165) is 17.5 Å². The summed E-state index contributed by atoms with van der Waals surface area (Å²) in [6.07, 6.45) is 3.18. The van der Waals surface area contributed by atoms with Gasteiger partial charge in [-0.3, -0.25) is 0 Å². The smallest absolute Gasteiger partial charge is 0.165 e. The normalized spacial score (nSPS) is 22.6. The van der Waals surface area contributed by atoms with Gasteiger partial charge in [-0.2, -0.15) is 0 Å². The summed E-state index contributed by atoms with van der Waals surface area (Å²) in [7, 11) is 0. The fourth-order valence-electron chi connectivity index (χ4n) is 2.35. The lowest BCUT2D eigenvalue weighted by Gasteiger charge is -2.30. The first-order valence-corrected chi connectivity index (χ1v) is 6.13. The Labute approximate surface area is 103 Å². The molecule has 2 rings (SSSR count). The van der Waals surface area contributed by atoms with Gasteiger partial charge < -0.3 is 9.84 Å². The highest BCUT2D eigenvalue weighted by Gasteiger charge is 2.26. The Morgan fingerprint density at radius 2 is 2.12 bits per heavy atom. The Morgan fingerprint density at radius 3 is 2.76 bits per heavy atom. The van der Waals surface area contributed by atoms with Crippen molar-refractivity contribution in [3.63, 3.8) is 0 Å². The highest BCUT2D eigenvalue weighted by molar-refractivity contribution is 5.53. The number of benzene rings is 1. The van der Waals surface area contributed by atoms with Crippen molar-refractivity contribution in [3.8, 4) is 11.5 Å². The van der Waals surface area contributed by atoms with E-state index in [1.165, 1.54) is 5.57 Å². The standard InChI is InChI=1S/C15H20O2/c1-9(2)7-12-8-11(4)13-6-5-10(3)14(16)15(13)17-12/h5-7,11-12,16H,8H2,1-4H3/t11-,12?/m1/s1. The monoisotopic (exact) mass is 232 g/mol. The molecule has 0 aliphatic carbocycles. The lowest BCUT2D eigenvalue weighted by Crippen LogP contribution is -2.23. The molecule has 1 N–H and O–H groups in total. The van der Waals surface area contributed by atoms with Crippen LogP contribution < -0.4 is 4.74 Å². The number of aryl methyl sites for hydroxylation is 1. The molecule has 1 aliphatic heterocycles. The van der Waals surface area contributed by atoms with Gasteiger partial charge in [0, 0.05) is 5.56 Å².